The van der Waals surface area contributed by atoms with Gasteiger partial charge in [-0.2, -0.15) is 0 Å². The van der Waals surface area contributed by atoms with Crippen molar-refractivity contribution in [3.05, 3.63) is 34.6 Å². The summed E-state index contributed by atoms with van der Waals surface area (Å²) in [6.07, 6.45) is 2.32. The van der Waals surface area contributed by atoms with Crippen LogP contribution in [-0.4, -0.2) is 6.54 Å². The molecule has 1 saturated carbocycles. The van der Waals surface area contributed by atoms with Crippen LogP contribution in [0.25, 0.3) is 0 Å². The lowest BCUT2D eigenvalue weighted by atomic mass is 9.91. The Morgan fingerprint density at radius 2 is 2.19 bits per heavy atom. The molecule has 1 aromatic carbocycles. The Morgan fingerprint density at radius 1 is 1.50 bits per heavy atom. The lowest BCUT2D eigenvalue weighted by Gasteiger charge is -2.25. The summed E-state index contributed by atoms with van der Waals surface area (Å²) in [6.45, 7) is 5.10. The molecule has 1 N–H and O–H groups in total. The molecule has 0 bridgehead atoms. The molecular weight excluding hydrogens is 225 g/mol. The first-order valence-corrected chi connectivity index (χ1v) is 6.13. The van der Waals surface area contributed by atoms with Crippen molar-refractivity contribution in [2.75, 3.05) is 6.54 Å². The number of hydrogen-bond acceptors (Lipinski definition) is 1. The van der Waals surface area contributed by atoms with E-state index in [-0.39, 0.29) is 17.3 Å². The van der Waals surface area contributed by atoms with E-state index in [1.54, 1.807) is 12.1 Å². The molecule has 0 heterocycles. The van der Waals surface area contributed by atoms with Crippen molar-refractivity contribution in [3.63, 3.8) is 0 Å². The summed E-state index contributed by atoms with van der Waals surface area (Å²) < 4.78 is 13.9. The van der Waals surface area contributed by atoms with E-state index in [0.717, 1.165) is 24.9 Å². The van der Waals surface area contributed by atoms with Crippen LogP contribution in [0, 0.1) is 11.2 Å². The van der Waals surface area contributed by atoms with Gasteiger partial charge in [0.05, 0.1) is 0 Å². The van der Waals surface area contributed by atoms with Crippen LogP contribution >= 0.6 is 11.6 Å². The third-order valence-corrected chi connectivity index (χ3v) is 3.65. The highest BCUT2D eigenvalue weighted by molar-refractivity contribution is 6.30. The lowest BCUT2D eigenvalue weighted by molar-refractivity contribution is 0.361. The summed E-state index contributed by atoms with van der Waals surface area (Å²) in [7, 11) is 0. The number of hydrogen-bond donors (Lipinski definition) is 1. The quantitative estimate of drug-likeness (QED) is 0.842. The van der Waals surface area contributed by atoms with Crippen LogP contribution < -0.4 is 5.32 Å². The SMILES string of the molecule is CCNC(c1ccc(Cl)cc1F)C1(C)CC1. The van der Waals surface area contributed by atoms with E-state index in [1.807, 2.05) is 6.92 Å². The average Bonchev–Trinajstić information content (AvgIpc) is 2.95. The fourth-order valence-electron chi connectivity index (χ4n) is 2.16. The maximum Gasteiger partial charge on any atom is 0.129 e. The molecule has 0 aromatic heterocycles. The first-order valence-electron chi connectivity index (χ1n) is 5.75. The number of benzene rings is 1. The Labute approximate surface area is 101 Å². The van der Waals surface area contributed by atoms with Gasteiger partial charge in [0.2, 0.25) is 0 Å². The molecule has 1 aliphatic rings. The van der Waals surface area contributed by atoms with Gasteiger partial charge in [-0.05, 0) is 36.9 Å². The third-order valence-electron chi connectivity index (χ3n) is 3.42. The second-order valence-corrected chi connectivity index (χ2v) is 5.25. The van der Waals surface area contributed by atoms with Gasteiger partial charge in [-0.25, -0.2) is 4.39 Å². The molecule has 88 valence electrons. The largest absolute Gasteiger partial charge is 0.310 e. The van der Waals surface area contributed by atoms with E-state index in [0.29, 0.717) is 5.02 Å². The minimum absolute atomic E-state index is 0.106. The number of nitrogens with one attached hydrogen (secondary N) is 1. The fourth-order valence-corrected chi connectivity index (χ4v) is 2.32. The highest BCUT2D eigenvalue weighted by Gasteiger charge is 2.45. The third kappa shape index (κ3) is 2.23. The van der Waals surface area contributed by atoms with Crippen molar-refractivity contribution in [2.45, 2.75) is 32.7 Å². The van der Waals surface area contributed by atoms with Crippen molar-refractivity contribution in [1.82, 2.24) is 5.32 Å². The molecule has 1 atom stereocenters. The molecule has 1 aromatic rings. The molecule has 1 nitrogen and oxygen atoms in total. The van der Waals surface area contributed by atoms with Crippen LogP contribution in [0.2, 0.25) is 5.02 Å². The van der Waals surface area contributed by atoms with Crippen LogP contribution in [0.3, 0.4) is 0 Å². The molecule has 0 radical (unpaired) electrons. The van der Waals surface area contributed by atoms with Gasteiger partial charge in [0, 0.05) is 16.6 Å². The van der Waals surface area contributed by atoms with Gasteiger partial charge in [-0.3, -0.25) is 0 Å². The van der Waals surface area contributed by atoms with Gasteiger partial charge in [0.25, 0.3) is 0 Å². The van der Waals surface area contributed by atoms with Crippen molar-refractivity contribution in [3.8, 4) is 0 Å². The van der Waals surface area contributed by atoms with Gasteiger partial charge < -0.3 is 5.32 Å². The Balaban J connectivity index is 2.31. The zero-order valence-corrected chi connectivity index (χ0v) is 10.4. The minimum Gasteiger partial charge on any atom is -0.310 e. The first-order chi connectivity index (χ1) is 7.57. The summed E-state index contributed by atoms with van der Waals surface area (Å²) in [6, 6.07) is 5.06. The van der Waals surface area contributed by atoms with E-state index in [9.17, 15) is 4.39 Å². The van der Waals surface area contributed by atoms with E-state index in [4.69, 9.17) is 11.6 Å². The molecule has 1 aliphatic carbocycles. The van der Waals surface area contributed by atoms with Gasteiger partial charge in [0.1, 0.15) is 5.82 Å². The minimum atomic E-state index is -0.202. The molecule has 2 rings (SSSR count). The molecule has 0 spiro atoms. The van der Waals surface area contributed by atoms with E-state index >= 15 is 0 Å². The monoisotopic (exact) mass is 241 g/mol. The maximum absolute atomic E-state index is 13.9. The van der Waals surface area contributed by atoms with Crippen LogP contribution in [0.5, 0.6) is 0 Å². The summed E-state index contributed by atoms with van der Waals surface area (Å²) in [4.78, 5) is 0. The second-order valence-electron chi connectivity index (χ2n) is 4.81. The molecular formula is C13H17ClFN. The molecule has 1 fully saturated rings. The Morgan fingerprint density at radius 3 is 2.69 bits per heavy atom. The van der Waals surface area contributed by atoms with Crippen LogP contribution in [0.1, 0.15) is 38.3 Å². The van der Waals surface area contributed by atoms with E-state index in [1.165, 1.54) is 6.07 Å². The Bertz CT molecular complexity index is 388. The van der Waals surface area contributed by atoms with Gasteiger partial charge >= 0.3 is 0 Å². The Hall–Kier alpha value is -0.600. The molecule has 16 heavy (non-hydrogen) atoms. The first kappa shape index (κ1) is 11.9. The van der Waals surface area contributed by atoms with Gasteiger partial charge in [-0.15, -0.1) is 0 Å². The van der Waals surface area contributed by atoms with Crippen LogP contribution in [0.4, 0.5) is 4.39 Å². The molecule has 0 aliphatic heterocycles. The van der Waals surface area contributed by atoms with E-state index < -0.39 is 0 Å². The zero-order chi connectivity index (χ0) is 11.8. The van der Waals surface area contributed by atoms with E-state index in [2.05, 4.69) is 12.2 Å². The summed E-state index contributed by atoms with van der Waals surface area (Å²) in [5, 5.41) is 3.83. The molecule has 0 amide bonds. The summed E-state index contributed by atoms with van der Waals surface area (Å²) in [5.74, 6) is -0.202. The maximum atomic E-state index is 13.9. The van der Waals surface area contributed by atoms with Crippen LogP contribution in [0.15, 0.2) is 18.2 Å². The van der Waals surface area contributed by atoms with Gasteiger partial charge in [-0.1, -0.05) is 31.5 Å². The average molecular weight is 242 g/mol. The highest BCUT2D eigenvalue weighted by atomic mass is 35.5. The summed E-state index contributed by atoms with van der Waals surface area (Å²) in [5.41, 5.74) is 0.955. The van der Waals surface area contributed by atoms with Crippen LogP contribution in [-0.2, 0) is 0 Å². The number of halogens is 2. The topological polar surface area (TPSA) is 12.0 Å². The Kier molecular flexibility index (Phi) is 3.22. The smallest absolute Gasteiger partial charge is 0.129 e. The van der Waals surface area contributed by atoms with Crippen molar-refractivity contribution < 1.29 is 4.39 Å². The second kappa shape index (κ2) is 4.34. The van der Waals surface area contributed by atoms with Crippen molar-refractivity contribution >= 4 is 11.6 Å². The highest BCUT2D eigenvalue weighted by Crippen LogP contribution is 2.54. The predicted octanol–water partition coefficient (Wildman–Crippen LogP) is 3.93. The molecule has 0 saturated heterocycles. The standard InChI is InChI=1S/C13H17ClFN/c1-3-16-12(13(2)6-7-13)10-5-4-9(14)8-11(10)15/h4-5,8,12,16H,3,6-7H2,1-2H3. The summed E-state index contributed by atoms with van der Waals surface area (Å²) >= 11 is 5.77. The normalized spacial score (nSPS) is 19.5. The van der Waals surface area contributed by atoms with Crippen molar-refractivity contribution in [2.24, 2.45) is 5.41 Å². The molecule has 3 heteroatoms. The lowest BCUT2D eigenvalue weighted by Crippen LogP contribution is -2.28. The number of rotatable bonds is 4. The van der Waals surface area contributed by atoms with Crippen molar-refractivity contribution in [1.29, 1.82) is 0 Å². The zero-order valence-electron chi connectivity index (χ0n) is 9.69. The fraction of sp³-hybridized carbons (Fsp3) is 0.538. The molecule has 1 unspecified atom stereocenters. The van der Waals surface area contributed by atoms with Gasteiger partial charge in [0.15, 0.2) is 0 Å². The predicted molar refractivity (Wildman–Crippen MR) is 65.2 cm³/mol.